The van der Waals surface area contributed by atoms with Gasteiger partial charge in [0.25, 0.3) is 0 Å². The number of benzene rings is 3. The number of rotatable bonds is 8. The molecule has 168 valence electrons. The molecule has 1 aliphatic rings. The van der Waals surface area contributed by atoms with Crippen LogP contribution in [0.3, 0.4) is 0 Å². The summed E-state index contributed by atoms with van der Waals surface area (Å²) in [5.41, 5.74) is 3.81. The standard InChI is InChI=1S/C27H26N2O4/c1-19-24(26(30)32-17-16-20-8-4-2-5-9-20)25(29-27(31)28-19)22-12-14-23(15-13-22)33-18-21-10-6-3-7-11-21/h2-15,25H,16-18H2,1H3,(H2,28,29,31). The number of urea groups is 1. The van der Waals surface area contributed by atoms with Crippen molar-refractivity contribution in [2.24, 2.45) is 0 Å². The van der Waals surface area contributed by atoms with E-state index in [2.05, 4.69) is 10.6 Å². The number of nitrogens with one attached hydrogen (secondary N) is 2. The number of carbonyl (C=O) groups is 2. The van der Waals surface area contributed by atoms with Crippen molar-refractivity contribution in [2.45, 2.75) is 26.0 Å². The van der Waals surface area contributed by atoms with Crippen LogP contribution in [-0.2, 0) is 22.6 Å². The molecule has 0 radical (unpaired) electrons. The average Bonchev–Trinajstić information content (AvgIpc) is 2.84. The Bertz CT molecular complexity index is 1130. The molecule has 6 nitrogen and oxygen atoms in total. The summed E-state index contributed by atoms with van der Waals surface area (Å²) in [6.07, 6.45) is 0.622. The Morgan fingerprint density at radius 3 is 2.18 bits per heavy atom. The van der Waals surface area contributed by atoms with Crippen LogP contribution in [0.2, 0.25) is 0 Å². The number of allylic oxidation sites excluding steroid dienone is 1. The summed E-state index contributed by atoms with van der Waals surface area (Å²) in [4.78, 5) is 25.0. The normalized spacial score (nSPS) is 15.4. The number of ether oxygens (including phenoxy) is 2. The van der Waals surface area contributed by atoms with Gasteiger partial charge in [-0.2, -0.15) is 0 Å². The van der Waals surface area contributed by atoms with Gasteiger partial charge in [-0.05, 0) is 35.7 Å². The first-order chi connectivity index (χ1) is 16.1. The lowest BCUT2D eigenvalue weighted by Crippen LogP contribution is -2.45. The molecule has 2 amide bonds. The fourth-order valence-electron chi connectivity index (χ4n) is 3.70. The molecule has 2 N–H and O–H groups in total. The fraction of sp³-hybridized carbons (Fsp3) is 0.185. The van der Waals surface area contributed by atoms with E-state index in [0.717, 1.165) is 16.7 Å². The third kappa shape index (κ3) is 5.80. The molecule has 0 saturated carbocycles. The lowest BCUT2D eigenvalue weighted by Gasteiger charge is -2.28. The number of hydrogen-bond donors (Lipinski definition) is 2. The molecule has 4 rings (SSSR count). The van der Waals surface area contributed by atoms with Crippen LogP contribution in [0.4, 0.5) is 4.79 Å². The largest absolute Gasteiger partial charge is 0.489 e. The molecule has 3 aromatic carbocycles. The first-order valence-corrected chi connectivity index (χ1v) is 10.9. The maximum absolute atomic E-state index is 12.9. The molecule has 3 aromatic rings. The highest BCUT2D eigenvalue weighted by Crippen LogP contribution is 2.29. The topological polar surface area (TPSA) is 76.7 Å². The van der Waals surface area contributed by atoms with Crippen LogP contribution in [-0.4, -0.2) is 18.6 Å². The van der Waals surface area contributed by atoms with Crippen LogP contribution in [0, 0.1) is 0 Å². The minimum absolute atomic E-state index is 0.257. The zero-order valence-corrected chi connectivity index (χ0v) is 18.4. The molecule has 33 heavy (non-hydrogen) atoms. The van der Waals surface area contributed by atoms with Gasteiger partial charge < -0.3 is 20.1 Å². The minimum atomic E-state index is -0.605. The van der Waals surface area contributed by atoms with E-state index in [0.29, 0.717) is 30.0 Å². The first kappa shape index (κ1) is 22.1. The predicted octanol–water partition coefficient (Wildman–Crippen LogP) is 4.68. The van der Waals surface area contributed by atoms with Crippen LogP contribution in [0.1, 0.15) is 29.7 Å². The number of amides is 2. The molecule has 1 atom stereocenters. The van der Waals surface area contributed by atoms with E-state index in [1.165, 1.54) is 0 Å². The van der Waals surface area contributed by atoms with Crippen molar-refractivity contribution in [3.8, 4) is 5.75 Å². The summed E-state index contributed by atoms with van der Waals surface area (Å²) in [6.45, 7) is 2.42. The summed E-state index contributed by atoms with van der Waals surface area (Å²) in [5.74, 6) is 0.251. The van der Waals surface area contributed by atoms with Crippen LogP contribution < -0.4 is 15.4 Å². The molecule has 6 heteroatoms. The SMILES string of the molecule is CC1=C(C(=O)OCCc2ccccc2)C(c2ccc(OCc3ccccc3)cc2)NC(=O)N1. The summed E-state index contributed by atoms with van der Waals surface area (Å²) < 4.78 is 11.4. The molecule has 1 unspecified atom stereocenters. The second kappa shape index (κ2) is 10.5. The molecule has 0 aromatic heterocycles. The molecule has 0 saturated heterocycles. The molecular weight excluding hydrogens is 416 g/mol. The predicted molar refractivity (Wildman–Crippen MR) is 125 cm³/mol. The van der Waals surface area contributed by atoms with Gasteiger partial charge in [0.2, 0.25) is 0 Å². The Kier molecular flexibility index (Phi) is 7.05. The van der Waals surface area contributed by atoms with E-state index in [-0.39, 0.29) is 12.6 Å². The van der Waals surface area contributed by atoms with E-state index in [1.54, 1.807) is 6.92 Å². The van der Waals surface area contributed by atoms with Gasteiger partial charge in [0, 0.05) is 12.1 Å². The highest BCUT2D eigenvalue weighted by molar-refractivity contribution is 5.95. The van der Waals surface area contributed by atoms with Crippen LogP contribution >= 0.6 is 0 Å². The lowest BCUT2D eigenvalue weighted by molar-refractivity contribution is -0.139. The van der Waals surface area contributed by atoms with Crippen molar-refractivity contribution in [3.05, 3.63) is 113 Å². The minimum Gasteiger partial charge on any atom is -0.489 e. The van der Waals surface area contributed by atoms with Crippen molar-refractivity contribution in [1.82, 2.24) is 10.6 Å². The van der Waals surface area contributed by atoms with Gasteiger partial charge in [-0.15, -0.1) is 0 Å². The molecule has 0 fully saturated rings. The van der Waals surface area contributed by atoms with Gasteiger partial charge in [0.1, 0.15) is 12.4 Å². The Hall–Kier alpha value is -4.06. The van der Waals surface area contributed by atoms with Crippen molar-refractivity contribution in [2.75, 3.05) is 6.61 Å². The molecule has 1 aliphatic heterocycles. The number of esters is 1. The van der Waals surface area contributed by atoms with Gasteiger partial charge in [0.05, 0.1) is 18.2 Å². The van der Waals surface area contributed by atoms with Crippen molar-refractivity contribution in [1.29, 1.82) is 0 Å². The zero-order valence-electron chi connectivity index (χ0n) is 18.4. The monoisotopic (exact) mass is 442 g/mol. The highest BCUT2D eigenvalue weighted by Gasteiger charge is 2.32. The van der Waals surface area contributed by atoms with Crippen molar-refractivity contribution in [3.63, 3.8) is 0 Å². The third-order valence-electron chi connectivity index (χ3n) is 5.42. The lowest BCUT2D eigenvalue weighted by atomic mass is 9.95. The fourth-order valence-corrected chi connectivity index (χ4v) is 3.70. The molecule has 0 bridgehead atoms. The summed E-state index contributed by atoms with van der Waals surface area (Å²) in [7, 11) is 0. The van der Waals surface area contributed by atoms with Gasteiger partial charge in [-0.1, -0.05) is 72.8 Å². The van der Waals surface area contributed by atoms with E-state index < -0.39 is 12.0 Å². The molecule has 0 aliphatic carbocycles. The second-order valence-electron chi connectivity index (χ2n) is 7.78. The first-order valence-electron chi connectivity index (χ1n) is 10.9. The smallest absolute Gasteiger partial charge is 0.338 e. The summed E-state index contributed by atoms with van der Waals surface area (Å²) in [5, 5.41) is 5.50. The van der Waals surface area contributed by atoms with Crippen molar-refractivity contribution < 1.29 is 19.1 Å². The number of hydrogen-bond acceptors (Lipinski definition) is 4. The highest BCUT2D eigenvalue weighted by atomic mass is 16.5. The average molecular weight is 443 g/mol. The third-order valence-corrected chi connectivity index (χ3v) is 5.42. The Morgan fingerprint density at radius 2 is 1.52 bits per heavy atom. The molecule has 0 spiro atoms. The van der Waals surface area contributed by atoms with E-state index in [4.69, 9.17) is 9.47 Å². The molecular formula is C27H26N2O4. The Morgan fingerprint density at radius 1 is 0.879 bits per heavy atom. The van der Waals surface area contributed by atoms with Crippen LogP contribution in [0.15, 0.2) is 96.2 Å². The van der Waals surface area contributed by atoms with Gasteiger partial charge in [-0.3, -0.25) is 0 Å². The van der Waals surface area contributed by atoms with Crippen molar-refractivity contribution >= 4 is 12.0 Å². The van der Waals surface area contributed by atoms with Gasteiger partial charge in [0.15, 0.2) is 0 Å². The van der Waals surface area contributed by atoms with Crippen LogP contribution in [0.5, 0.6) is 5.75 Å². The van der Waals surface area contributed by atoms with Gasteiger partial charge in [-0.25, -0.2) is 9.59 Å². The van der Waals surface area contributed by atoms with Crippen LogP contribution in [0.25, 0.3) is 0 Å². The quantitative estimate of drug-likeness (QED) is 0.497. The maximum atomic E-state index is 12.9. The van der Waals surface area contributed by atoms with E-state index >= 15 is 0 Å². The van der Waals surface area contributed by atoms with E-state index in [9.17, 15) is 9.59 Å². The zero-order chi connectivity index (χ0) is 23.0. The Labute approximate surface area is 193 Å². The maximum Gasteiger partial charge on any atom is 0.338 e. The van der Waals surface area contributed by atoms with Gasteiger partial charge >= 0.3 is 12.0 Å². The Balaban J connectivity index is 1.43. The summed E-state index contributed by atoms with van der Waals surface area (Å²) >= 11 is 0. The number of carbonyl (C=O) groups excluding carboxylic acids is 2. The van der Waals surface area contributed by atoms with E-state index in [1.807, 2.05) is 84.9 Å². The molecule has 1 heterocycles. The summed E-state index contributed by atoms with van der Waals surface area (Å²) in [6, 6.07) is 26.1. The second-order valence-corrected chi connectivity index (χ2v) is 7.78.